The molecule has 0 radical (unpaired) electrons. The molecule has 6 heteroatoms. The Morgan fingerprint density at radius 1 is 1.04 bits per heavy atom. The van der Waals surface area contributed by atoms with Gasteiger partial charge in [0.25, 0.3) is 5.91 Å². The molecule has 1 aromatic heterocycles. The van der Waals surface area contributed by atoms with Gasteiger partial charge in [0.15, 0.2) is 11.5 Å². The first-order chi connectivity index (χ1) is 13.1. The minimum Gasteiger partial charge on any atom is -0.372 e. The molecule has 27 heavy (non-hydrogen) atoms. The molecule has 1 fully saturated rings. The number of nitrogens with one attached hydrogen (secondary N) is 2. The number of nitrogens with zero attached hydrogens (tertiary/aromatic N) is 3. The van der Waals surface area contributed by atoms with Crippen LogP contribution in [0.1, 0.15) is 50.0 Å². The van der Waals surface area contributed by atoms with E-state index in [1.165, 1.54) is 24.9 Å². The molecule has 0 bridgehead atoms. The third-order valence-electron chi connectivity index (χ3n) is 4.77. The Labute approximate surface area is 161 Å². The average molecular weight is 367 g/mol. The number of rotatable bonds is 7. The van der Waals surface area contributed by atoms with E-state index < -0.39 is 0 Å². The molecule has 2 heterocycles. The summed E-state index contributed by atoms with van der Waals surface area (Å²) in [5.74, 6) is 1.00. The summed E-state index contributed by atoms with van der Waals surface area (Å²) in [5, 5.41) is 14.3. The molecule has 2 aromatic rings. The minimum atomic E-state index is -0.180. The van der Waals surface area contributed by atoms with E-state index in [1.807, 2.05) is 0 Å². The van der Waals surface area contributed by atoms with Gasteiger partial charge in [0.2, 0.25) is 0 Å². The molecule has 0 spiro atoms. The highest BCUT2D eigenvalue weighted by atomic mass is 16.1. The van der Waals surface area contributed by atoms with Crippen LogP contribution in [0.15, 0.2) is 36.4 Å². The van der Waals surface area contributed by atoms with Gasteiger partial charge in [-0.1, -0.05) is 13.8 Å². The number of piperidine rings is 1. The second-order valence-electron chi connectivity index (χ2n) is 7.46. The Kier molecular flexibility index (Phi) is 6.63. The summed E-state index contributed by atoms with van der Waals surface area (Å²) in [6.45, 7) is 7.19. The van der Waals surface area contributed by atoms with Crippen LogP contribution in [0.4, 0.5) is 17.2 Å². The maximum absolute atomic E-state index is 12.0. The van der Waals surface area contributed by atoms with Gasteiger partial charge >= 0.3 is 0 Å². The smallest absolute Gasteiger partial charge is 0.271 e. The molecule has 144 valence electrons. The molecule has 3 rings (SSSR count). The van der Waals surface area contributed by atoms with E-state index in [4.69, 9.17) is 0 Å². The largest absolute Gasteiger partial charge is 0.372 e. The highest BCUT2D eigenvalue weighted by Gasteiger charge is 2.11. The molecule has 0 saturated carbocycles. The van der Waals surface area contributed by atoms with Crippen LogP contribution >= 0.6 is 0 Å². The van der Waals surface area contributed by atoms with Crippen LogP contribution in [0.3, 0.4) is 0 Å². The lowest BCUT2D eigenvalue weighted by Crippen LogP contribution is -2.29. The van der Waals surface area contributed by atoms with E-state index in [1.54, 1.807) is 12.1 Å². The number of amides is 1. The van der Waals surface area contributed by atoms with Crippen molar-refractivity contribution >= 4 is 23.1 Å². The Balaban J connectivity index is 1.54. The van der Waals surface area contributed by atoms with Crippen molar-refractivity contribution in [1.82, 2.24) is 15.5 Å². The van der Waals surface area contributed by atoms with Gasteiger partial charge in [-0.2, -0.15) is 0 Å². The molecule has 0 unspecified atom stereocenters. The number of anilines is 3. The van der Waals surface area contributed by atoms with Crippen molar-refractivity contribution in [1.29, 1.82) is 0 Å². The number of aromatic nitrogens is 2. The molecule has 2 N–H and O–H groups in total. The Hall–Kier alpha value is -2.63. The van der Waals surface area contributed by atoms with Gasteiger partial charge in [-0.15, -0.1) is 10.2 Å². The van der Waals surface area contributed by atoms with Crippen LogP contribution in [0.2, 0.25) is 0 Å². The van der Waals surface area contributed by atoms with Crippen molar-refractivity contribution in [3.8, 4) is 0 Å². The highest BCUT2D eigenvalue weighted by molar-refractivity contribution is 5.92. The summed E-state index contributed by atoms with van der Waals surface area (Å²) in [6, 6.07) is 11.9. The highest BCUT2D eigenvalue weighted by Crippen LogP contribution is 2.23. The molecule has 1 aliphatic heterocycles. The fraction of sp³-hybridized carbons (Fsp3) is 0.476. The molecule has 1 saturated heterocycles. The molecule has 0 aliphatic carbocycles. The van der Waals surface area contributed by atoms with Crippen LogP contribution < -0.4 is 15.5 Å². The Morgan fingerprint density at radius 3 is 2.41 bits per heavy atom. The SMILES string of the molecule is CC(C)CCNC(=O)c1ccc(Nc2ccc(N3CCCCC3)cc2)nn1. The number of hydrogen-bond acceptors (Lipinski definition) is 5. The summed E-state index contributed by atoms with van der Waals surface area (Å²) in [5.41, 5.74) is 2.56. The first kappa shape index (κ1) is 19.1. The van der Waals surface area contributed by atoms with Crippen molar-refractivity contribution in [2.24, 2.45) is 5.92 Å². The van der Waals surface area contributed by atoms with Crippen LogP contribution in [-0.4, -0.2) is 35.7 Å². The standard InChI is InChI=1S/C21H29N5O/c1-16(2)12-13-22-21(27)19-10-11-20(25-24-19)23-17-6-8-18(9-7-17)26-14-4-3-5-15-26/h6-11,16H,3-5,12-15H2,1-2H3,(H,22,27)(H,23,25). The number of carbonyl (C=O) groups is 1. The summed E-state index contributed by atoms with van der Waals surface area (Å²) in [4.78, 5) is 14.5. The summed E-state index contributed by atoms with van der Waals surface area (Å²) < 4.78 is 0. The Bertz CT molecular complexity index is 721. The number of benzene rings is 1. The van der Waals surface area contributed by atoms with Gasteiger partial charge in [-0.05, 0) is 68.0 Å². The molecule has 1 amide bonds. The maximum Gasteiger partial charge on any atom is 0.271 e. The monoisotopic (exact) mass is 367 g/mol. The maximum atomic E-state index is 12.0. The van der Waals surface area contributed by atoms with Crippen molar-refractivity contribution in [2.75, 3.05) is 29.9 Å². The Morgan fingerprint density at radius 2 is 1.78 bits per heavy atom. The van der Waals surface area contributed by atoms with E-state index >= 15 is 0 Å². The molecule has 6 nitrogen and oxygen atoms in total. The van der Waals surface area contributed by atoms with E-state index in [-0.39, 0.29) is 5.91 Å². The lowest BCUT2D eigenvalue weighted by Gasteiger charge is -2.28. The summed E-state index contributed by atoms with van der Waals surface area (Å²) in [7, 11) is 0. The molecule has 0 atom stereocenters. The van der Waals surface area contributed by atoms with Crippen molar-refractivity contribution in [2.45, 2.75) is 39.5 Å². The summed E-state index contributed by atoms with van der Waals surface area (Å²) in [6.07, 6.45) is 4.83. The predicted molar refractivity (Wildman–Crippen MR) is 110 cm³/mol. The quantitative estimate of drug-likeness (QED) is 0.774. The fourth-order valence-corrected chi connectivity index (χ4v) is 3.14. The van der Waals surface area contributed by atoms with Gasteiger partial charge in [0.1, 0.15) is 0 Å². The third-order valence-corrected chi connectivity index (χ3v) is 4.77. The topological polar surface area (TPSA) is 70.2 Å². The van der Waals surface area contributed by atoms with Crippen molar-refractivity contribution < 1.29 is 4.79 Å². The fourth-order valence-electron chi connectivity index (χ4n) is 3.14. The second kappa shape index (κ2) is 9.35. The molecular formula is C21H29N5O. The third kappa shape index (κ3) is 5.67. The zero-order valence-electron chi connectivity index (χ0n) is 16.2. The lowest BCUT2D eigenvalue weighted by atomic mass is 10.1. The van der Waals surface area contributed by atoms with Crippen LogP contribution in [0, 0.1) is 5.92 Å². The van der Waals surface area contributed by atoms with E-state index in [0.29, 0.717) is 24.0 Å². The van der Waals surface area contributed by atoms with Crippen LogP contribution in [0.5, 0.6) is 0 Å². The number of carbonyl (C=O) groups excluding carboxylic acids is 1. The molecule has 1 aliphatic rings. The first-order valence-corrected chi connectivity index (χ1v) is 9.86. The average Bonchev–Trinajstić information content (AvgIpc) is 2.69. The van der Waals surface area contributed by atoms with Gasteiger partial charge in [-0.3, -0.25) is 4.79 Å². The predicted octanol–water partition coefficient (Wildman–Crippen LogP) is 3.99. The van der Waals surface area contributed by atoms with Gasteiger partial charge in [-0.25, -0.2) is 0 Å². The first-order valence-electron chi connectivity index (χ1n) is 9.86. The normalized spacial score (nSPS) is 14.3. The lowest BCUT2D eigenvalue weighted by molar-refractivity contribution is 0.0946. The zero-order chi connectivity index (χ0) is 19.1. The van der Waals surface area contributed by atoms with Gasteiger partial charge in [0.05, 0.1) is 0 Å². The summed E-state index contributed by atoms with van der Waals surface area (Å²) >= 11 is 0. The van der Waals surface area contributed by atoms with Crippen LogP contribution in [-0.2, 0) is 0 Å². The van der Waals surface area contributed by atoms with E-state index in [0.717, 1.165) is 25.2 Å². The zero-order valence-corrected chi connectivity index (χ0v) is 16.2. The van der Waals surface area contributed by atoms with Crippen LogP contribution in [0.25, 0.3) is 0 Å². The van der Waals surface area contributed by atoms with Gasteiger partial charge in [0, 0.05) is 31.0 Å². The molecule has 1 aromatic carbocycles. The van der Waals surface area contributed by atoms with Crippen molar-refractivity contribution in [3.63, 3.8) is 0 Å². The second-order valence-corrected chi connectivity index (χ2v) is 7.46. The van der Waals surface area contributed by atoms with Gasteiger partial charge < -0.3 is 15.5 Å². The van der Waals surface area contributed by atoms with E-state index in [2.05, 4.69) is 63.8 Å². The van der Waals surface area contributed by atoms with Crippen molar-refractivity contribution in [3.05, 3.63) is 42.1 Å². The van der Waals surface area contributed by atoms with E-state index in [9.17, 15) is 4.79 Å². The molecular weight excluding hydrogens is 338 g/mol. The minimum absolute atomic E-state index is 0.180. The number of hydrogen-bond donors (Lipinski definition) is 2.